The highest BCUT2D eigenvalue weighted by atomic mass is 16.4. The topological polar surface area (TPSA) is 185 Å². The van der Waals surface area contributed by atoms with Gasteiger partial charge in [-0.2, -0.15) is 0 Å². The number of aliphatic carboxylic acids is 1. The number of nitrogens with two attached hydrogens (primary N) is 2. The van der Waals surface area contributed by atoms with Gasteiger partial charge in [-0.1, -0.05) is 20.3 Å². The minimum absolute atomic E-state index is 0.140. The third-order valence-electron chi connectivity index (χ3n) is 3.93. The highest BCUT2D eigenvalue weighted by Crippen LogP contribution is 2.07. The maximum Gasteiger partial charge on any atom is 0.303 e. The summed E-state index contributed by atoms with van der Waals surface area (Å²) in [6, 6.07) is -3.45. The first-order chi connectivity index (χ1) is 11.5. The van der Waals surface area contributed by atoms with Gasteiger partial charge in [0.2, 0.25) is 17.7 Å². The Hall–Kier alpha value is -2.20. The van der Waals surface area contributed by atoms with Crippen molar-refractivity contribution in [2.45, 2.75) is 64.3 Å². The molecule has 0 spiro atoms. The Labute approximate surface area is 146 Å². The van der Waals surface area contributed by atoms with Crippen LogP contribution in [0.1, 0.15) is 40.0 Å². The van der Waals surface area contributed by atoms with Gasteiger partial charge in [0.1, 0.15) is 12.1 Å². The first-order valence-corrected chi connectivity index (χ1v) is 8.06. The van der Waals surface area contributed by atoms with Gasteiger partial charge in [0.05, 0.1) is 12.1 Å². The number of hydrogen-bond acceptors (Lipinski definition) is 6. The van der Waals surface area contributed by atoms with Crippen molar-refractivity contribution in [3.63, 3.8) is 0 Å². The quantitative estimate of drug-likeness (QED) is 0.247. The van der Waals surface area contributed by atoms with Crippen LogP contribution in [-0.2, 0) is 19.2 Å². The van der Waals surface area contributed by atoms with Crippen LogP contribution in [-0.4, -0.2) is 58.1 Å². The summed E-state index contributed by atoms with van der Waals surface area (Å²) in [7, 11) is 0. The smallest absolute Gasteiger partial charge is 0.303 e. The number of carbonyl (C=O) groups is 4. The average Bonchev–Trinajstić information content (AvgIpc) is 2.53. The van der Waals surface area contributed by atoms with Crippen molar-refractivity contribution in [1.29, 1.82) is 0 Å². The van der Waals surface area contributed by atoms with Crippen molar-refractivity contribution >= 4 is 23.7 Å². The molecule has 0 radical (unpaired) electrons. The van der Waals surface area contributed by atoms with Crippen LogP contribution >= 0.6 is 0 Å². The predicted octanol–water partition coefficient (Wildman–Crippen LogP) is -1.94. The highest BCUT2D eigenvalue weighted by Gasteiger charge is 2.30. The van der Waals surface area contributed by atoms with Crippen molar-refractivity contribution < 1.29 is 29.4 Å². The molecule has 0 unspecified atom stereocenters. The van der Waals surface area contributed by atoms with Crippen LogP contribution in [0.3, 0.4) is 0 Å². The fourth-order valence-electron chi connectivity index (χ4n) is 2.00. The molecular formula is C15H28N4O6. The molecule has 144 valence electrons. The SMILES string of the molecule is CC[C@H](C)[C@H](N)C(=O)N[C@@H](CCC(=O)O)C(=O)N[C@H](C(N)=O)[C@@H](C)O. The summed E-state index contributed by atoms with van der Waals surface area (Å²) in [5, 5.41) is 22.9. The Morgan fingerprint density at radius 3 is 2.04 bits per heavy atom. The van der Waals surface area contributed by atoms with Crippen molar-refractivity contribution in [3.05, 3.63) is 0 Å². The molecule has 5 atom stereocenters. The van der Waals surface area contributed by atoms with Gasteiger partial charge in [-0.25, -0.2) is 0 Å². The second kappa shape index (κ2) is 10.6. The van der Waals surface area contributed by atoms with Crippen LogP contribution in [0.15, 0.2) is 0 Å². The fourth-order valence-corrected chi connectivity index (χ4v) is 2.00. The molecule has 25 heavy (non-hydrogen) atoms. The zero-order valence-corrected chi connectivity index (χ0v) is 14.7. The lowest BCUT2D eigenvalue weighted by Crippen LogP contribution is -2.58. The second-order valence-corrected chi connectivity index (χ2v) is 6.03. The summed E-state index contributed by atoms with van der Waals surface area (Å²) in [4.78, 5) is 46.5. The van der Waals surface area contributed by atoms with Gasteiger partial charge in [0.25, 0.3) is 0 Å². The summed E-state index contributed by atoms with van der Waals surface area (Å²) >= 11 is 0. The number of carboxylic acids is 1. The van der Waals surface area contributed by atoms with Crippen molar-refractivity contribution in [3.8, 4) is 0 Å². The van der Waals surface area contributed by atoms with Gasteiger partial charge in [-0.05, 0) is 19.3 Å². The Balaban J connectivity index is 5.14. The maximum atomic E-state index is 12.3. The van der Waals surface area contributed by atoms with E-state index >= 15 is 0 Å². The van der Waals surface area contributed by atoms with Gasteiger partial charge < -0.3 is 32.3 Å². The number of rotatable bonds is 11. The summed E-state index contributed by atoms with van der Waals surface area (Å²) in [6.07, 6.45) is -1.19. The van der Waals surface area contributed by atoms with Gasteiger partial charge >= 0.3 is 5.97 Å². The second-order valence-electron chi connectivity index (χ2n) is 6.03. The van der Waals surface area contributed by atoms with Crippen molar-refractivity contribution in [2.75, 3.05) is 0 Å². The molecule has 0 aliphatic carbocycles. The van der Waals surface area contributed by atoms with E-state index in [0.717, 1.165) is 0 Å². The van der Waals surface area contributed by atoms with E-state index in [1.807, 2.05) is 6.92 Å². The molecule has 10 heteroatoms. The molecule has 10 nitrogen and oxygen atoms in total. The molecule has 0 aromatic carbocycles. The standard InChI is InChI=1S/C15H28N4O6/c1-4-7(2)11(16)15(25)18-9(5-6-10(21)22)14(24)19-12(8(3)20)13(17)23/h7-9,11-12,20H,4-6,16H2,1-3H3,(H2,17,23)(H,18,25)(H,19,24)(H,21,22)/t7-,8+,9-,11-,12-/m0/s1. The number of aliphatic hydroxyl groups is 1. The van der Waals surface area contributed by atoms with Gasteiger partial charge in [-0.15, -0.1) is 0 Å². The molecule has 3 amide bonds. The molecule has 0 fully saturated rings. The number of hydrogen-bond donors (Lipinski definition) is 6. The highest BCUT2D eigenvalue weighted by molar-refractivity contribution is 5.93. The van der Waals surface area contributed by atoms with Gasteiger partial charge in [0, 0.05) is 6.42 Å². The van der Waals surface area contributed by atoms with Crippen molar-refractivity contribution in [1.82, 2.24) is 10.6 Å². The lowest BCUT2D eigenvalue weighted by molar-refractivity contribution is -0.138. The Kier molecular flexibility index (Phi) is 9.69. The summed E-state index contributed by atoms with van der Waals surface area (Å²) in [5.74, 6) is -3.68. The van der Waals surface area contributed by atoms with Crippen LogP contribution in [0, 0.1) is 5.92 Å². The summed E-state index contributed by atoms with van der Waals surface area (Å²) < 4.78 is 0. The first kappa shape index (κ1) is 22.8. The molecule has 0 heterocycles. The number of nitrogens with one attached hydrogen (secondary N) is 2. The zero-order chi connectivity index (χ0) is 19.7. The predicted molar refractivity (Wildman–Crippen MR) is 89.0 cm³/mol. The molecule has 8 N–H and O–H groups in total. The molecule has 0 aliphatic heterocycles. The zero-order valence-electron chi connectivity index (χ0n) is 14.7. The molecule has 0 aliphatic rings. The van der Waals surface area contributed by atoms with Crippen LogP contribution in [0.5, 0.6) is 0 Å². The number of carbonyl (C=O) groups excluding carboxylic acids is 3. The van der Waals surface area contributed by atoms with E-state index < -0.39 is 47.9 Å². The Morgan fingerprint density at radius 2 is 1.64 bits per heavy atom. The Morgan fingerprint density at radius 1 is 1.08 bits per heavy atom. The third-order valence-corrected chi connectivity index (χ3v) is 3.93. The maximum absolute atomic E-state index is 12.3. The monoisotopic (exact) mass is 360 g/mol. The van der Waals surface area contributed by atoms with E-state index in [9.17, 15) is 24.3 Å². The summed E-state index contributed by atoms with van der Waals surface area (Å²) in [6.45, 7) is 4.89. The van der Waals surface area contributed by atoms with Crippen LogP contribution in [0.4, 0.5) is 0 Å². The minimum atomic E-state index is -1.36. The van der Waals surface area contributed by atoms with E-state index in [-0.39, 0.29) is 18.8 Å². The Bertz CT molecular complexity index is 496. The number of primary amides is 1. The van der Waals surface area contributed by atoms with E-state index in [0.29, 0.717) is 6.42 Å². The van der Waals surface area contributed by atoms with Gasteiger partial charge in [-0.3, -0.25) is 19.2 Å². The molecule has 0 aromatic rings. The number of aliphatic hydroxyl groups excluding tert-OH is 1. The van der Waals surface area contributed by atoms with Crippen LogP contribution < -0.4 is 22.1 Å². The van der Waals surface area contributed by atoms with Gasteiger partial charge in [0.15, 0.2) is 0 Å². The third kappa shape index (κ3) is 7.94. The first-order valence-electron chi connectivity index (χ1n) is 8.06. The number of carboxylic acid groups (broad SMARTS) is 1. The van der Waals surface area contributed by atoms with E-state index in [4.69, 9.17) is 16.6 Å². The fraction of sp³-hybridized carbons (Fsp3) is 0.733. The molecule has 0 bridgehead atoms. The van der Waals surface area contributed by atoms with Crippen LogP contribution in [0.25, 0.3) is 0 Å². The lowest BCUT2D eigenvalue weighted by Gasteiger charge is -2.25. The molecular weight excluding hydrogens is 332 g/mol. The lowest BCUT2D eigenvalue weighted by atomic mass is 9.98. The normalized spacial score (nSPS) is 16.8. The molecule has 0 saturated heterocycles. The van der Waals surface area contributed by atoms with E-state index in [1.54, 1.807) is 6.92 Å². The molecule has 0 rings (SSSR count). The molecule has 0 aromatic heterocycles. The van der Waals surface area contributed by atoms with Crippen LogP contribution in [0.2, 0.25) is 0 Å². The molecule has 0 saturated carbocycles. The largest absolute Gasteiger partial charge is 0.481 e. The van der Waals surface area contributed by atoms with Crippen molar-refractivity contribution in [2.24, 2.45) is 17.4 Å². The van der Waals surface area contributed by atoms with E-state index in [1.165, 1.54) is 6.92 Å². The summed E-state index contributed by atoms with van der Waals surface area (Å²) in [5.41, 5.74) is 10.9. The van der Waals surface area contributed by atoms with E-state index in [2.05, 4.69) is 10.6 Å². The average molecular weight is 360 g/mol. The number of amides is 3. The minimum Gasteiger partial charge on any atom is -0.481 e.